The average molecular weight is 422 g/mol. The molecular weight excluding hydrogens is 396 g/mol. The van der Waals surface area contributed by atoms with Crippen molar-refractivity contribution in [2.24, 2.45) is 11.8 Å². The first-order valence-electron chi connectivity index (χ1n) is 10.2. The number of fused-ring (bicyclic) bond motifs is 1. The SMILES string of the molecule is COC(=O)[C@@H]1C(=O)C2=C(C[C@H]1C)Nc1ccccc1N[C@H]2c1cc(OC)ccc1OC. The van der Waals surface area contributed by atoms with Gasteiger partial charge in [0.15, 0.2) is 5.78 Å². The maximum absolute atomic E-state index is 13.7. The molecule has 7 nitrogen and oxygen atoms in total. The van der Waals surface area contributed by atoms with Gasteiger partial charge in [-0.2, -0.15) is 0 Å². The Bertz CT molecular complexity index is 1060. The minimum absolute atomic E-state index is 0.190. The van der Waals surface area contributed by atoms with Crippen molar-refractivity contribution >= 4 is 23.1 Å². The largest absolute Gasteiger partial charge is 0.497 e. The van der Waals surface area contributed by atoms with Crippen LogP contribution < -0.4 is 20.1 Å². The van der Waals surface area contributed by atoms with Crippen LogP contribution in [0.4, 0.5) is 11.4 Å². The summed E-state index contributed by atoms with van der Waals surface area (Å²) in [5.41, 5.74) is 3.78. The van der Waals surface area contributed by atoms with Crippen LogP contribution >= 0.6 is 0 Å². The van der Waals surface area contributed by atoms with Crippen LogP contribution in [0.15, 0.2) is 53.7 Å². The van der Waals surface area contributed by atoms with Crippen molar-refractivity contribution < 1.29 is 23.8 Å². The zero-order valence-corrected chi connectivity index (χ0v) is 18.0. The number of hydrogen-bond donors (Lipinski definition) is 2. The summed E-state index contributed by atoms with van der Waals surface area (Å²) in [5, 5.41) is 6.93. The van der Waals surface area contributed by atoms with Crippen molar-refractivity contribution in [1.29, 1.82) is 0 Å². The normalized spacial score (nSPS) is 22.3. The van der Waals surface area contributed by atoms with Gasteiger partial charge in [0.2, 0.25) is 0 Å². The number of para-hydroxylation sites is 2. The molecular formula is C24H26N2O5. The lowest BCUT2D eigenvalue weighted by atomic mass is 9.74. The van der Waals surface area contributed by atoms with Crippen LogP contribution in [0, 0.1) is 11.8 Å². The number of methoxy groups -OCH3 is 3. The molecule has 0 radical (unpaired) electrons. The van der Waals surface area contributed by atoms with Crippen molar-refractivity contribution in [3.63, 3.8) is 0 Å². The van der Waals surface area contributed by atoms with E-state index in [1.807, 2.05) is 49.4 Å². The molecule has 0 aromatic heterocycles. The Morgan fingerprint density at radius 2 is 1.77 bits per heavy atom. The summed E-state index contributed by atoms with van der Waals surface area (Å²) in [6.07, 6.45) is 0.541. The fraction of sp³-hybridized carbons (Fsp3) is 0.333. The molecule has 2 aromatic rings. The topological polar surface area (TPSA) is 85.9 Å². The number of hydrogen-bond acceptors (Lipinski definition) is 7. The summed E-state index contributed by atoms with van der Waals surface area (Å²) < 4.78 is 16.0. The Labute approximate surface area is 181 Å². The van der Waals surface area contributed by atoms with Crippen LogP contribution in [-0.4, -0.2) is 33.1 Å². The minimum atomic E-state index is -0.854. The predicted octanol–water partition coefficient (Wildman–Crippen LogP) is 3.93. The number of esters is 1. The monoisotopic (exact) mass is 422 g/mol. The average Bonchev–Trinajstić information content (AvgIpc) is 2.94. The number of carbonyl (C=O) groups is 2. The molecule has 0 saturated carbocycles. The second kappa shape index (κ2) is 8.34. The maximum Gasteiger partial charge on any atom is 0.316 e. The smallest absolute Gasteiger partial charge is 0.316 e. The Balaban J connectivity index is 1.93. The number of carbonyl (C=O) groups excluding carboxylic acids is 2. The Morgan fingerprint density at radius 3 is 2.45 bits per heavy atom. The van der Waals surface area contributed by atoms with Gasteiger partial charge in [-0.3, -0.25) is 9.59 Å². The number of Topliss-reactive ketones (excluding diaryl/α,β-unsaturated/α-hetero) is 1. The van der Waals surface area contributed by atoms with E-state index < -0.39 is 17.9 Å². The van der Waals surface area contributed by atoms with Crippen LogP contribution in [0.2, 0.25) is 0 Å². The molecule has 3 atom stereocenters. The van der Waals surface area contributed by atoms with E-state index in [-0.39, 0.29) is 11.7 Å². The highest BCUT2D eigenvalue weighted by atomic mass is 16.5. The molecule has 1 heterocycles. The van der Waals surface area contributed by atoms with Gasteiger partial charge in [-0.25, -0.2) is 0 Å². The Morgan fingerprint density at radius 1 is 1.03 bits per heavy atom. The molecule has 162 valence electrons. The summed E-state index contributed by atoms with van der Waals surface area (Å²) in [6, 6.07) is 12.7. The molecule has 2 aromatic carbocycles. The number of allylic oxidation sites excluding steroid dienone is 1. The van der Waals surface area contributed by atoms with Gasteiger partial charge >= 0.3 is 5.97 Å². The third-order valence-corrected chi connectivity index (χ3v) is 5.97. The zero-order chi connectivity index (χ0) is 22.1. The number of ether oxygens (including phenoxy) is 3. The van der Waals surface area contributed by atoms with E-state index in [4.69, 9.17) is 14.2 Å². The minimum Gasteiger partial charge on any atom is -0.497 e. The molecule has 31 heavy (non-hydrogen) atoms. The molecule has 1 aliphatic carbocycles. The van der Waals surface area contributed by atoms with Crippen molar-refractivity contribution in [1.82, 2.24) is 0 Å². The third-order valence-electron chi connectivity index (χ3n) is 5.97. The second-order valence-corrected chi connectivity index (χ2v) is 7.79. The second-order valence-electron chi connectivity index (χ2n) is 7.79. The molecule has 0 spiro atoms. The lowest BCUT2D eigenvalue weighted by molar-refractivity contribution is -0.151. The molecule has 1 aliphatic heterocycles. The summed E-state index contributed by atoms with van der Waals surface area (Å²) in [4.78, 5) is 26.2. The quantitative estimate of drug-likeness (QED) is 0.570. The highest BCUT2D eigenvalue weighted by Gasteiger charge is 2.44. The van der Waals surface area contributed by atoms with E-state index in [9.17, 15) is 9.59 Å². The van der Waals surface area contributed by atoms with E-state index in [1.54, 1.807) is 14.2 Å². The summed E-state index contributed by atoms with van der Waals surface area (Å²) in [6.45, 7) is 1.90. The van der Waals surface area contributed by atoms with E-state index in [0.717, 1.165) is 22.6 Å². The van der Waals surface area contributed by atoms with Gasteiger partial charge < -0.3 is 24.8 Å². The number of nitrogens with one attached hydrogen (secondary N) is 2. The van der Waals surface area contributed by atoms with Gasteiger partial charge in [-0.15, -0.1) is 0 Å². The lowest BCUT2D eigenvalue weighted by Crippen LogP contribution is -2.39. The van der Waals surface area contributed by atoms with Crippen LogP contribution in [0.3, 0.4) is 0 Å². The van der Waals surface area contributed by atoms with Crippen LogP contribution in [0.5, 0.6) is 11.5 Å². The fourth-order valence-electron chi connectivity index (χ4n) is 4.43. The third kappa shape index (κ3) is 3.60. The molecule has 0 amide bonds. The molecule has 0 bridgehead atoms. The van der Waals surface area contributed by atoms with Crippen molar-refractivity contribution in [3.8, 4) is 11.5 Å². The molecule has 0 unspecified atom stereocenters. The standard InChI is InChI=1S/C24H26N2O5/c1-13-11-18-21(23(27)20(13)24(28)31-4)22(26-17-8-6-5-7-16(17)25-18)15-12-14(29-2)9-10-19(15)30-3/h5-10,12-13,20,22,25-26H,11H2,1-4H3/t13-,20+,22+/m1/s1. The van der Waals surface area contributed by atoms with E-state index >= 15 is 0 Å². The van der Waals surface area contributed by atoms with E-state index in [2.05, 4.69) is 10.6 Å². The fourth-order valence-corrected chi connectivity index (χ4v) is 4.43. The first-order chi connectivity index (χ1) is 15.0. The first kappa shape index (κ1) is 20.8. The molecule has 0 saturated heterocycles. The van der Waals surface area contributed by atoms with Crippen LogP contribution in [0.1, 0.15) is 24.9 Å². The summed E-state index contributed by atoms with van der Waals surface area (Å²) in [7, 11) is 4.49. The summed E-state index contributed by atoms with van der Waals surface area (Å²) in [5.74, 6) is -0.542. The Kier molecular flexibility index (Phi) is 5.59. The molecule has 2 N–H and O–H groups in total. The number of benzene rings is 2. The van der Waals surface area contributed by atoms with Gasteiger partial charge in [-0.05, 0) is 42.7 Å². The number of rotatable bonds is 4. The van der Waals surface area contributed by atoms with Gasteiger partial charge in [0.1, 0.15) is 17.4 Å². The van der Waals surface area contributed by atoms with Gasteiger partial charge in [0.05, 0.1) is 38.7 Å². The van der Waals surface area contributed by atoms with Crippen LogP contribution in [0.25, 0.3) is 0 Å². The van der Waals surface area contributed by atoms with E-state index in [1.165, 1.54) is 7.11 Å². The molecule has 2 aliphatic rings. The van der Waals surface area contributed by atoms with Crippen molar-refractivity contribution in [3.05, 3.63) is 59.3 Å². The molecule has 0 fully saturated rings. The van der Waals surface area contributed by atoms with Gasteiger partial charge in [0.25, 0.3) is 0 Å². The molecule has 7 heteroatoms. The van der Waals surface area contributed by atoms with E-state index in [0.29, 0.717) is 23.5 Å². The molecule has 4 rings (SSSR count). The van der Waals surface area contributed by atoms with Crippen LogP contribution in [-0.2, 0) is 14.3 Å². The maximum atomic E-state index is 13.7. The van der Waals surface area contributed by atoms with Crippen molar-refractivity contribution in [2.75, 3.05) is 32.0 Å². The number of ketones is 1. The highest BCUT2D eigenvalue weighted by molar-refractivity contribution is 6.11. The first-order valence-corrected chi connectivity index (χ1v) is 10.2. The van der Waals surface area contributed by atoms with Gasteiger partial charge in [-0.1, -0.05) is 19.1 Å². The van der Waals surface area contributed by atoms with Gasteiger partial charge in [0, 0.05) is 16.8 Å². The lowest BCUT2D eigenvalue weighted by Gasteiger charge is -2.32. The number of anilines is 2. The van der Waals surface area contributed by atoms with Crippen molar-refractivity contribution in [2.45, 2.75) is 19.4 Å². The highest BCUT2D eigenvalue weighted by Crippen LogP contribution is 2.46. The summed E-state index contributed by atoms with van der Waals surface area (Å²) >= 11 is 0. The predicted molar refractivity (Wildman–Crippen MR) is 117 cm³/mol. The zero-order valence-electron chi connectivity index (χ0n) is 18.0. The Hall–Kier alpha value is -3.48.